The third-order valence-corrected chi connectivity index (χ3v) is 5.76. The molecular formula is C16H34O4S2. The molecule has 6 heteroatoms. The fourth-order valence-corrected chi connectivity index (χ4v) is 3.92. The van der Waals surface area contributed by atoms with Crippen LogP contribution in [0.1, 0.15) is 51.4 Å². The molecule has 2 atom stereocenters. The normalized spacial score (nSPS) is 14.2. The molecule has 0 saturated heterocycles. The molecule has 0 spiro atoms. The van der Waals surface area contributed by atoms with Gasteiger partial charge in [0.05, 0.1) is 25.4 Å². The van der Waals surface area contributed by atoms with E-state index in [2.05, 4.69) is 0 Å². The molecule has 0 aliphatic carbocycles. The van der Waals surface area contributed by atoms with Crippen molar-refractivity contribution in [2.45, 2.75) is 63.6 Å². The van der Waals surface area contributed by atoms with Crippen LogP contribution in [0.5, 0.6) is 0 Å². The Morgan fingerprint density at radius 1 is 0.545 bits per heavy atom. The number of thioether (sulfide) groups is 2. The van der Waals surface area contributed by atoms with Crippen molar-refractivity contribution >= 4 is 23.5 Å². The largest absolute Gasteiger partial charge is 0.394 e. The van der Waals surface area contributed by atoms with Gasteiger partial charge in [-0.3, -0.25) is 0 Å². The van der Waals surface area contributed by atoms with Gasteiger partial charge in [-0.2, -0.15) is 23.5 Å². The van der Waals surface area contributed by atoms with E-state index in [1.807, 2.05) is 0 Å². The van der Waals surface area contributed by atoms with Gasteiger partial charge in [-0.25, -0.2) is 0 Å². The van der Waals surface area contributed by atoms with Gasteiger partial charge >= 0.3 is 0 Å². The summed E-state index contributed by atoms with van der Waals surface area (Å²) in [7, 11) is 0. The predicted molar refractivity (Wildman–Crippen MR) is 97.8 cm³/mol. The molecule has 0 rings (SSSR count). The van der Waals surface area contributed by atoms with Crippen LogP contribution in [-0.2, 0) is 0 Å². The second kappa shape index (κ2) is 17.9. The number of rotatable bonds is 17. The number of hydrogen-bond acceptors (Lipinski definition) is 6. The van der Waals surface area contributed by atoms with Gasteiger partial charge in [-0.15, -0.1) is 0 Å². The smallest absolute Gasteiger partial charge is 0.0861 e. The monoisotopic (exact) mass is 354 g/mol. The summed E-state index contributed by atoms with van der Waals surface area (Å²) < 4.78 is 0. The first kappa shape index (κ1) is 22.5. The Bertz CT molecular complexity index is 198. The zero-order valence-electron chi connectivity index (χ0n) is 13.7. The molecule has 22 heavy (non-hydrogen) atoms. The van der Waals surface area contributed by atoms with Crippen molar-refractivity contribution in [1.29, 1.82) is 0 Å². The van der Waals surface area contributed by atoms with Gasteiger partial charge in [0.25, 0.3) is 0 Å². The van der Waals surface area contributed by atoms with E-state index in [0.29, 0.717) is 11.5 Å². The molecule has 0 aliphatic heterocycles. The molecule has 0 aromatic heterocycles. The van der Waals surface area contributed by atoms with Gasteiger partial charge in [0.2, 0.25) is 0 Å². The number of aliphatic hydroxyl groups excluding tert-OH is 4. The van der Waals surface area contributed by atoms with Gasteiger partial charge in [-0.1, -0.05) is 38.5 Å². The Morgan fingerprint density at radius 2 is 0.864 bits per heavy atom. The summed E-state index contributed by atoms with van der Waals surface area (Å²) in [4.78, 5) is 0. The van der Waals surface area contributed by atoms with Crippen LogP contribution in [0.2, 0.25) is 0 Å². The number of hydrogen-bond donors (Lipinski definition) is 4. The van der Waals surface area contributed by atoms with Crippen LogP contribution in [0.15, 0.2) is 0 Å². The highest BCUT2D eigenvalue weighted by Gasteiger charge is 2.02. The molecule has 134 valence electrons. The fraction of sp³-hybridized carbons (Fsp3) is 1.00. The minimum absolute atomic E-state index is 0.131. The van der Waals surface area contributed by atoms with E-state index in [0.717, 1.165) is 11.5 Å². The molecule has 0 aromatic carbocycles. The SMILES string of the molecule is OCC(O)CSCCCCCCCCCCSCC(O)CO. The Labute approximate surface area is 144 Å². The molecule has 0 radical (unpaired) electrons. The first-order valence-corrected chi connectivity index (χ1v) is 10.7. The van der Waals surface area contributed by atoms with Crippen molar-refractivity contribution < 1.29 is 20.4 Å². The Hall–Kier alpha value is 0.540. The van der Waals surface area contributed by atoms with E-state index < -0.39 is 12.2 Å². The third kappa shape index (κ3) is 16.9. The highest BCUT2D eigenvalue weighted by Crippen LogP contribution is 2.13. The third-order valence-electron chi connectivity index (χ3n) is 3.37. The lowest BCUT2D eigenvalue weighted by atomic mass is 10.1. The summed E-state index contributed by atoms with van der Waals surface area (Å²) in [6, 6.07) is 0. The molecular weight excluding hydrogens is 320 g/mol. The van der Waals surface area contributed by atoms with Crippen LogP contribution in [0.4, 0.5) is 0 Å². The Morgan fingerprint density at radius 3 is 1.18 bits per heavy atom. The molecule has 0 amide bonds. The summed E-state index contributed by atoms with van der Waals surface area (Å²) >= 11 is 3.45. The molecule has 0 saturated carbocycles. The lowest BCUT2D eigenvalue weighted by Gasteiger charge is -2.07. The first-order valence-electron chi connectivity index (χ1n) is 8.44. The van der Waals surface area contributed by atoms with Crippen molar-refractivity contribution in [2.24, 2.45) is 0 Å². The summed E-state index contributed by atoms with van der Waals surface area (Å²) in [5, 5.41) is 35.7. The second-order valence-electron chi connectivity index (χ2n) is 5.65. The summed E-state index contributed by atoms with van der Waals surface area (Å²) in [5.74, 6) is 3.44. The maximum Gasteiger partial charge on any atom is 0.0861 e. The average Bonchev–Trinajstić information content (AvgIpc) is 2.54. The lowest BCUT2D eigenvalue weighted by molar-refractivity contribution is 0.113. The zero-order chi connectivity index (χ0) is 16.5. The highest BCUT2D eigenvalue weighted by atomic mass is 32.2. The molecule has 4 nitrogen and oxygen atoms in total. The lowest BCUT2D eigenvalue weighted by Crippen LogP contribution is -2.14. The second-order valence-corrected chi connectivity index (χ2v) is 7.95. The summed E-state index contributed by atoms with van der Waals surface area (Å²) in [6.07, 6.45) is 9.00. The van der Waals surface area contributed by atoms with Crippen LogP contribution >= 0.6 is 23.5 Å². The molecule has 0 heterocycles. The fourth-order valence-electron chi connectivity index (χ4n) is 2.01. The molecule has 0 aromatic rings. The van der Waals surface area contributed by atoms with E-state index in [-0.39, 0.29) is 13.2 Å². The van der Waals surface area contributed by atoms with E-state index in [9.17, 15) is 10.2 Å². The van der Waals surface area contributed by atoms with Crippen molar-refractivity contribution in [1.82, 2.24) is 0 Å². The van der Waals surface area contributed by atoms with E-state index in [1.54, 1.807) is 23.5 Å². The average molecular weight is 355 g/mol. The van der Waals surface area contributed by atoms with Crippen LogP contribution in [0, 0.1) is 0 Å². The highest BCUT2D eigenvalue weighted by molar-refractivity contribution is 7.99. The quantitative estimate of drug-likeness (QED) is 0.300. The number of aliphatic hydroxyl groups is 4. The van der Waals surface area contributed by atoms with Crippen LogP contribution in [0.3, 0.4) is 0 Å². The van der Waals surface area contributed by atoms with Crippen LogP contribution < -0.4 is 0 Å². The molecule has 2 unspecified atom stereocenters. The Kier molecular flexibility index (Phi) is 18.3. The van der Waals surface area contributed by atoms with Gasteiger partial charge in [0, 0.05) is 11.5 Å². The van der Waals surface area contributed by atoms with E-state index in [4.69, 9.17) is 10.2 Å². The first-order chi connectivity index (χ1) is 10.7. The molecule has 0 fully saturated rings. The van der Waals surface area contributed by atoms with Crippen LogP contribution in [-0.4, -0.2) is 68.9 Å². The topological polar surface area (TPSA) is 80.9 Å². The standard InChI is InChI=1S/C16H34O4S2/c17-11-15(19)13-21-9-7-5-3-1-2-4-6-8-10-22-14-16(20)12-18/h15-20H,1-14H2. The van der Waals surface area contributed by atoms with Crippen molar-refractivity contribution in [3.8, 4) is 0 Å². The summed E-state index contributed by atoms with van der Waals surface area (Å²) in [5.41, 5.74) is 0. The maximum atomic E-state index is 9.18. The minimum Gasteiger partial charge on any atom is -0.394 e. The maximum absolute atomic E-state index is 9.18. The number of unbranched alkanes of at least 4 members (excludes halogenated alkanes) is 7. The summed E-state index contributed by atoms with van der Waals surface area (Å²) in [6.45, 7) is -0.263. The van der Waals surface area contributed by atoms with Crippen molar-refractivity contribution in [3.63, 3.8) is 0 Å². The molecule has 0 bridgehead atoms. The van der Waals surface area contributed by atoms with Crippen molar-refractivity contribution in [3.05, 3.63) is 0 Å². The molecule has 4 N–H and O–H groups in total. The Balaban J connectivity index is 3.03. The van der Waals surface area contributed by atoms with Gasteiger partial charge in [0.15, 0.2) is 0 Å². The van der Waals surface area contributed by atoms with E-state index in [1.165, 1.54) is 51.4 Å². The van der Waals surface area contributed by atoms with Gasteiger partial charge < -0.3 is 20.4 Å². The minimum atomic E-state index is -0.560. The van der Waals surface area contributed by atoms with E-state index >= 15 is 0 Å². The van der Waals surface area contributed by atoms with Crippen molar-refractivity contribution in [2.75, 3.05) is 36.2 Å². The molecule has 0 aliphatic rings. The van der Waals surface area contributed by atoms with Crippen LogP contribution in [0.25, 0.3) is 0 Å². The predicted octanol–water partition coefficient (Wildman–Crippen LogP) is 2.28. The zero-order valence-corrected chi connectivity index (χ0v) is 15.3. The van der Waals surface area contributed by atoms with Gasteiger partial charge in [0.1, 0.15) is 0 Å². The van der Waals surface area contributed by atoms with Gasteiger partial charge in [-0.05, 0) is 24.3 Å².